The first-order valence-corrected chi connectivity index (χ1v) is 5.36. The lowest BCUT2D eigenvalue weighted by Gasteiger charge is -2.07. The molecule has 0 aliphatic rings. The Morgan fingerprint density at radius 1 is 1.27 bits per heavy atom. The highest BCUT2D eigenvalue weighted by atomic mass is 14.7. The Labute approximate surface area is 90.1 Å². The van der Waals surface area contributed by atoms with Gasteiger partial charge in [-0.05, 0) is 43.3 Å². The van der Waals surface area contributed by atoms with Gasteiger partial charge in [-0.3, -0.25) is 4.98 Å². The number of benzene rings is 1. The van der Waals surface area contributed by atoms with Crippen LogP contribution in [0.25, 0.3) is 10.8 Å². The summed E-state index contributed by atoms with van der Waals surface area (Å²) in [6.07, 6.45) is 3.85. The summed E-state index contributed by atoms with van der Waals surface area (Å²) in [5.74, 6) is 0. The highest BCUT2D eigenvalue weighted by Gasteiger charge is 2.03. The van der Waals surface area contributed by atoms with Crippen LogP contribution < -0.4 is 5.73 Å². The fourth-order valence-electron chi connectivity index (χ4n) is 1.95. The molecule has 0 amide bonds. The van der Waals surface area contributed by atoms with Crippen molar-refractivity contribution < 1.29 is 0 Å². The lowest BCUT2D eigenvalue weighted by Crippen LogP contribution is -2.02. The number of aromatic nitrogens is 1. The quantitative estimate of drug-likeness (QED) is 0.826. The van der Waals surface area contributed by atoms with E-state index in [1.54, 1.807) is 0 Å². The average Bonchev–Trinajstić information content (AvgIpc) is 2.26. The summed E-state index contributed by atoms with van der Waals surface area (Å²) in [4.78, 5) is 4.45. The van der Waals surface area contributed by atoms with Crippen molar-refractivity contribution in [1.29, 1.82) is 0 Å². The monoisotopic (exact) mass is 200 g/mol. The third-order valence-corrected chi connectivity index (χ3v) is 2.70. The van der Waals surface area contributed by atoms with Crippen molar-refractivity contribution in [3.63, 3.8) is 0 Å². The molecule has 2 nitrogen and oxygen atoms in total. The maximum Gasteiger partial charge on any atom is 0.0485 e. The summed E-state index contributed by atoms with van der Waals surface area (Å²) in [5.41, 5.74) is 8.01. The fourth-order valence-corrected chi connectivity index (χ4v) is 1.95. The molecule has 0 saturated heterocycles. The second kappa shape index (κ2) is 4.41. The van der Waals surface area contributed by atoms with Crippen molar-refractivity contribution in [2.24, 2.45) is 5.73 Å². The van der Waals surface area contributed by atoms with Gasteiger partial charge in [-0.2, -0.15) is 0 Å². The Kier molecular flexibility index (Phi) is 2.97. The van der Waals surface area contributed by atoms with Crippen molar-refractivity contribution in [3.05, 3.63) is 41.7 Å². The Bertz CT molecular complexity index is 458. The number of pyridine rings is 1. The van der Waals surface area contributed by atoms with E-state index in [0.717, 1.165) is 19.4 Å². The van der Waals surface area contributed by atoms with E-state index in [1.165, 1.54) is 22.0 Å². The molecule has 1 heterocycles. The zero-order chi connectivity index (χ0) is 10.7. The average molecular weight is 200 g/mol. The first-order valence-electron chi connectivity index (χ1n) is 5.36. The third kappa shape index (κ3) is 2.00. The zero-order valence-electron chi connectivity index (χ0n) is 9.03. The van der Waals surface area contributed by atoms with Gasteiger partial charge in [-0.1, -0.05) is 18.2 Å². The van der Waals surface area contributed by atoms with E-state index in [0.29, 0.717) is 0 Å². The Hall–Kier alpha value is -1.41. The molecule has 2 rings (SSSR count). The highest BCUT2D eigenvalue weighted by Crippen LogP contribution is 2.21. The van der Waals surface area contributed by atoms with Gasteiger partial charge in [-0.15, -0.1) is 0 Å². The summed E-state index contributed by atoms with van der Waals surface area (Å²) >= 11 is 0. The lowest BCUT2D eigenvalue weighted by atomic mass is 10.0. The van der Waals surface area contributed by atoms with E-state index >= 15 is 0 Å². The van der Waals surface area contributed by atoms with E-state index in [2.05, 4.69) is 36.2 Å². The second-order valence-corrected chi connectivity index (χ2v) is 3.82. The summed E-state index contributed by atoms with van der Waals surface area (Å²) in [5, 5.41) is 2.57. The van der Waals surface area contributed by atoms with Gasteiger partial charge >= 0.3 is 0 Å². The standard InChI is InChI=1S/C13H16N2/c1-10-4-2-5-11-7-9-15-12(13(10)11)6-3-8-14/h2,4-5,7,9H,3,6,8,14H2,1H3. The van der Waals surface area contributed by atoms with Gasteiger partial charge in [0.25, 0.3) is 0 Å². The van der Waals surface area contributed by atoms with E-state index in [1.807, 2.05) is 6.20 Å². The molecule has 0 unspecified atom stereocenters. The van der Waals surface area contributed by atoms with E-state index in [-0.39, 0.29) is 0 Å². The molecule has 1 aromatic heterocycles. The molecule has 0 aliphatic carbocycles. The van der Waals surface area contributed by atoms with Gasteiger partial charge in [0.1, 0.15) is 0 Å². The second-order valence-electron chi connectivity index (χ2n) is 3.82. The van der Waals surface area contributed by atoms with Crippen LogP contribution in [0.3, 0.4) is 0 Å². The molecule has 0 aliphatic heterocycles. The molecule has 1 aromatic carbocycles. The van der Waals surface area contributed by atoms with Crippen molar-refractivity contribution in [3.8, 4) is 0 Å². The third-order valence-electron chi connectivity index (χ3n) is 2.70. The maximum absolute atomic E-state index is 5.53. The van der Waals surface area contributed by atoms with Crippen LogP contribution in [0.1, 0.15) is 17.7 Å². The maximum atomic E-state index is 5.53. The molecule has 0 saturated carbocycles. The molecular weight excluding hydrogens is 184 g/mol. The molecule has 0 fully saturated rings. The van der Waals surface area contributed by atoms with Crippen LogP contribution in [0.4, 0.5) is 0 Å². The molecular formula is C13H16N2. The largest absolute Gasteiger partial charge is 0.330 e. The number of hydrogen-bond acceptors (Lipinski definition) is 2. The lowest BCUT2D eigenvalue weighted by molar-refractivity contribution is 0.816. The highest BCUT2D eigenvalue weighted by molar-refractivity contribution is 5.87. The van der Waals surface area contributed by atoms with E-state index in [9.17, 15) is 0 Å². The number of rotatable bonds is 3. The number of nitrogens with two attached hydrogens (primary N) is 1. The van der Waals surface area contributed by atoms with Crippen LogP contribution in [0.2, 0.25) is 0 Å². The number of hydrogen-bond donors (Lipinski definition) is 1. The zero-order valence-corrected chi connectivity index (χ0v) is 9.03. The predicted octanol–water partition coefficient (Wildman–Crippen LogP) is 2.43. The van der Waals surface area contributed by atoms with Crippen LogP contribution in [-0.4, -0.2) is 11.5 Å². The van der Waals surface area contributed by atoms with E-state index < -0.39 is 0 Å². The van der Waals surface area contributed by atoms with Crippen molar-refractivity contribution in [2.75, 3.05) is 6.54 Å². The summed E-state index contributed by atoms with van der Waals surface area (Å²) in [7, 11) is 0. The summed E-state index contributed by atoms with van der Waals surface area (Å²) in [6, 6.07) is 8.42. The minimum Gasteiger partial charge on any atom is -0.330 e. The Morgan fingerprint density at radius 2 is 2.13 bits per heavy atom. The van der Waals surface area contributed by atoms with Gasteiger partial charge in [0.15, 0.2) is 0 Å². The Morgan fingerprint density at radius 3 is 2.93 bits per heavy atom. The van der Waals surface area contributed by atoms with Crippen LogP contribution in [-0.2, 0) is 6.42 Å². The van der Waals surface area contributed by atoms with Crippen molar-refractivity contribution >= 4 is 10.8 Å². The molecule has 2 heteroatoms. The van der Waals surface area contributed by atoms with Crippen LogP contribution in [0.15, 0.2) is 30.5 Å². The number of nitrogens with zero attached hydrogens (tertiary/aromatic N) is 1. The fraction of sp³-hybridized carbons (Fsp3) is 0.308. The molecule has 0 bridgehead atoms. The van der Waals surface area contributed by atoms with Gasteiger partial charge in [0.2, 0.25) is 0 Å². The smallest absolute Gasteiger partial charge is 0.0485 e. The number of fused-ring (bicyclic) bond motifs is 1. The minimum atomic E-state index is 0.726. The van der Waals surface area contributed by atoms with Crippen molar-refractivity contribution in [2.45, 2.75) is 19.8 Å². The normalized spacial score (nSPS) is 10.8. The molecule has 2 aromatic rings. The SMILES string of the molecule is Cc1cccc2ccnc(CCCN)c12. The van der Waals surface area contributed by atoms with Crippen LogP contribution in [0, 0.1) is 6.92 Å². The molecule has 2 N–H and O–H groups in total. The minimum absolute atomic E-state index is 0.726. The number of aryl methyl sites for hydroxylation is 2. The predicted molar refractivity (Wildman–Crippen MR) is 63.9 cm³/mol. The van der Waals surface area contributed by atoms with Crippen LogP contribution >= 0.6 is 0 Å². The van der Waals surface area contributed by atoms with Crippen molar-refractivity contribution in [1.82, 2.24) is 4.98 Å². The van der Waals surface area contributed by atoms with Gasteiger partial charge < -0.3 is 5.73 Å². The first kappa shape index (κ1) is 10.1. The van der Waals surface area contributed by atoms with Gasteiger partial charge in [-0.25, -0.2) is 0 Å². The van der Waals surface area contributed by atoms with Crippen LogP contribution in [0.5, 0.6) is 0 Å². The molecule has 15 heavy (non-hydrogen) atoms. The molecule has 0 atom stereocenters. The molecule has 0 spiro atoms. The first-order chi connectivity index (χ1) is 7.33. The topological polar surface area (TPSA) is 38.9 Å². The van der Waals surface area contributed by atoms with Gasteiger partial charge in [0.05, 0.1) is 0 Å². The molecule has 78 valence electrons. The summed E-state index contributed by atoms with van der Waals surface area (Å²) in [6.45, 7) is 2.86. The van der Waals surface area contributed by atoms with E-state index in [4.69, 9.17) is 5.73 Å². The summed E-state index contributed by atoms with van der Waals surface area (Å²) < 4.78 is 0. The van der Waals surface area contributed by atoms with Gasteiger partial charge in [0, 0.05) is 17.3 Å². The molecule has 0 radical (unpaired) electrons. The Balaban J connectivity index is 2.53.